The molecule has 0 aliphatic carbocycles. The highest BCUT2D eigenvalue weighted by molar-refractivity contribution is 5.91. The number of imidazole rings is 1. The second-order valence-corrected chi connectivity index (χ2v) is 3.48. The van der Waals surface area contributed by atoms with Gasteiger partial charge in [-0.1, -0.05) is 5.21 Å². The molecule has 0 aliphatic heterocycles. The van der Waals surface area contributed by atoms with E-state index in [0.717, 1.165) is 10.7 Å². The van der Waals surface area contributed by atoms with Crippen LogP contribution >= 0.6 is 0 Å². The Morgan fingerprint density at radius 3 is 2.75 bits per heavy atom. The van der Waals surface area contributed by atoms with Crippen molar-refractivity contribution >= 4 is 11.6 Å². The summed E-state index contributed by atoms with van der Waals surface area (Å²) < 4.78 is 40.2. The molecule has 20 heavy (non-hydrogen) atoms. The van der Waals surface area contributed by atoms with Gasteiger partial charge < -0.3 is 5.11 Å². The summed E-state index contributed by atoms with van der Waals surface area (Å²) in [6.45, 7) is -1.33. The molecule has 0 unspecified atom stereocenters. The van der Waals surface area contributed by atoms with Crippen molar-refractivity contribution in [1.29, 1.82) is 0 Å². The number of hydrogen-bond donors (Lipinski definition) is 1. The Kier molecular flexibility index (Phi) is 3.40. The molecule has 0 bridgehead atoms. The van der Waals surface area contributed by atoms with Crippen LogP contribution in [-0.2, 0) is 11.3 Å². The van der Waals surface area contributed by atoms with Crippen LogP contribution in [0.15, 0.2) is 11.1 Å². The van der Waals surface area contributed by atoms with Gasteiger partial charge in [0.25, 0.3) is 0 Å². The van der Waals surface area contributed by atoms with Crippen LogP contribution in [0.25, 0.3) is 5.65 Å². The van der Waals surface area contributed by atoms with Crippen LogP contribution in [0.5, 0.6) is 0 Å². The van der Waals surface area contributed by atoms with Gasteiger partial charge >= 0.3 is 18.0 Å². The summed E-state index contributed by atoms with van der Waals surface area (Å²) >= 11 is 0. The molecule has 0 fully saturated rings. The fourth-order valence-electron chi connectivity index (χ4n) is 1.38. The number of carbonyl (C=O) groups is 1. The van der Waals surface area contributed by atoms with E-state index < -0.39 is 36.9 Å². The number of ether oxygens (including phenoxy) is 1. The van der Waals surface area contributed by atoms with Crippen molar-refractivity contribution in [2.45, 2.75) is 12.9 Å². The molecule has 2 rings (SSSR count). The van der Waals surface area contributed by atoms with Gasteiger partial charge in [-0.05, 0) is 0 Å². The molecule has 0 saturated carbocycles. The number of aromatic carboxylic acids is 1. The van der Waals surface area contributed by atoms with Gasteiger partial charge in [-0.15, -0.1) is 18.3 Å². The topological polar surface area (TPSA) is 112 Å². The van der Waals surface area contributed by atoms with E-state index in [1.807, 2.05) is 0 Å². The highest BCUT2D eigenvalue weighted by atomic mass is 19.4. The summed E-state index contributed by atoms with van der Waals surface area (Å²) in [5.74, 6) is -1.40. The fourth-order valence-corrected chi connectivity index (χ4v) is 1.38. The Morgan fingerprint density at radius 1 is 1.45 bits per heavy atom. The molecule has 1 N–H and O–H groups in total. The lowest BCUT2D eigenvalue weighted by Crippen LogP contribution is -2.32. The second kappa shape index (κ2) is 4.88. The molecule has 12 heteroatoms. The van der Waals surface area contributed by atoms with Gasteiger partial charge in [-0.3, -0.25) is 4.74 Å². The lowest BCUT2D eigenvalue weighted by Gasteiger charge is -2.07. The summed E-state index contributed by atoms with van der Waals surface area (Å²) in [5, 5.41) is 15.5. The predicted molar refractivity (Wildman–Crippen MR) is 54.0 cm³/mol. The number of carboxylic acid groups (broad SMARTS) is 1. The molecule has 2 heterocycles. The molecule has 0 amide bonds. The molecule has 0 atom stereocenters. The third kappa shape index (κ3) is 2.74. The molecule has 0 saturated heterocycles. The van der Waals surface area contributed by atoms with Crippen LogP contribution in [0.4, 0.5) is 13.2 Å². The van der Waals surface area contributed by atoms with Crippen LogP contribution in [0, 0.1) is 0 Å². The number of aromatic nitrogens is 5. The smallest absolute Gasteiger partial charge is 0.476 e. The van der Waals surface area contributed by atoms with Crippen LogP contribution in [0.2, 0.25) is 0 Å². The number of alkyl halides is 3. The van der Waals surface area contributed by atoms with E-state index >= 15 is 0 Å². The van der Waals surface area contributed by atoms with Crippen LogP contribution < -0.4 is 5.69 Å². The molecule has 0 spiro atoms. The molecule has 0 radical (unpaired) electrons. The Morgan fingerprint density at radius 2 is 2.15 bits per heavy atom. The minimum absolute atomic E-state index is 0.296. The Balaban J connectivity index is 2.27. The van der Waals surface area contributed by atoms with Crippen molar-refractivity contribution < 1.29 is 27.8 Å². The van der Waals surface area contributed by atoms with Crippen molar-refractivity contribution in [2.75, 3.05) is 6.61 Å². The molecule has 108 valence electrons. The van der Waals surface area contributed by atoms with Crippen molar-refractivity contribution in [3.63, 3.8) is 0 Å². The first kappa shape index (κ1) is 13.9. The average molecular weight is 293 g/mol. The lowest BCUT2D eigenvalue weighted by molar-refractivity contribution is -0.325. The minimum Gasteiger partial charge on any atom is -0.476 e. The van der Waals surface area contributed by atoms with E-state index in [4.69, 9.17) is 5.11 Å². The van der Waals surface area contributed by atoms with Crippen molar-refractivity contribution in [1.82, 2.24) is 24.4 Å². The molecule has 2 aromatic rings. The van der Waals surface area contributed by atoms with E-state index in [-0.39, 0.29) is 5.65 Å². The molecular weight excluding hydrogens is 287 g/mol. The molecular formula is C8H6F3N5O4. The molecule has 0 aliphatic rings. The maximum atomic E-state index is 11.8. The van der Waals surface area contributed by atoms with Crippen LogP contribution in [0.3, 0.4) is 0 Å². The first-order valence-corrected chi connectivity index (χ1v) is 5.04. The quantitative estimate of drug-likeness (QED) is 0.810. The van der Waals surface area contributed by atoms with Gasteiger partial charge in [-0.2, -0.15) is 4.68 Å². The Labute approximate surface area is 107 Å². The average Bonchev–Trinajstić information content (AvgIpc) is 2.75. The van der Waals surface area contributed by atoms with Gasteiger partial charge in [0, 0.05) is 0 Å². The summed E-state index contributed by atoms with van der Waals surface area (Å²) in [4.78, 5) is 26.0. The monoisotopic (exact) mass is 293 g/mol. The normalized spacial score (nSPS) is 11.9. The fraction of sp³-hybridized carbons (Fsp3) is 0.375. The first-order chi connectivity index (χ1) is 9.29. The van der Waals surface area contributed by atoms with Gasteiger partial charge in [0.1, 0.15) is 6.33 Å². The number of carboxylic acids is 1. The minimum atomic E-state index is -4.81. The van der Waals surface area contributed by atoms with E-state index in [1.165, 1.54) is 0 Å². The largest absolute Gasteiger partial charge is 0.522 e. The summed E-state index contributed by atoms with van der Waals surface area (Å²) in [5.41, 5.74) is -1.65. The van der Waals surface area contributed by atoms with E-state index in [9.17, 15) is 22.8 Å². The Bertz CT molecular complexity index is 706. The highest BCUT2D eigenvalue weighted by Gasteiger charge is 2.28. The van der Waals surface area contributed by atoms with E-state index in [1.54, 1.807) is 0 Å². The van der Waals surface area contributed by atoms with Gasteiger partial charge in [-0.25, -0.2) is 19.0 Å². The number of hydrogen-bond acceptors (Lipinski definition) is 6. The molecule has 9 nitrogen and oxygen atoms in total. The van der Waals surface area contributed by atoms with Crippen molar-refractivity contribution in [2.24, 2.45) is 0 Å². The van der Waals surface area contributed by atoms with Crippen molar-refractivity contribution in [3.8, 4) is 0 Å². The number of rotatable bonds is 4. The zero-order valence-corrected chi connectivity index (χ0v) is 9.53. The van der Waals surface area contributed by atoms with Gasteiger partial charge in [0.05, 0.1) is 13.2 Å². The zero-order valence-electron chi connectivity index (χ0n) is 9.53. The van der Waals surface area contributed by atoms with Gasteiger partial charge in [0.2, 0.25) is 0 Å². The summed E-state index contributed by atoms with van der Waals surface area (Å²) in [6, 6.07) is 0. The molecule has 0 aromatic carbocycles. The number of nitrogens with zero attached hydrogens (tertiary/aromatic N) is 5. The predicted octanol–water partition coefficient (Wildman–Crippen LogP) is -0.479. The SMILES string of the molecule is O=C(O)c1ncn2c(=O)n(CCOC(F)(F)F)nnc12. The van der Waals surface area contributed by atoms with Gasteiger partial charge in [0.15, 0.2) is 11.3 Å². The summed E-state index contributed by atoms with van der Waals surface area (Å²) in [6.07, 6.45) is -3.91. The number of fused-ring (bicyclic) bond motifs is 1. The first-order valence-electron chi connectivity index (χ1n) is 5.04. The van der Waals surface area contributed by atoms with Crippen LogP contribution in [-0.4, -0.2) is 48.4 Å². The summed E-state index contributed by atoms with van der Waals surface area (Å²) in [7, 11) is 0. The Hall–Kier alpha value is -2.50. The van der Waals surface area contributed by atoms with Crippen molar-refractivity contribution in [3.05, 3.63) is 22.5 Å². The maximum absolute atomic E-state index is 11.8. The van der Waals surface area contributed by atoms with E-state index in [2.05, 4.69) is 20.0 Å². The lowest BCUT2D eigenvalue weighted by atomic mass is 10.5. The zero-order chi connectivity index (χ0) is 14.9. The highest BCUT2D eigenvalue weighted by Crippen LogP contribution is 2.15. The number of halogens is 3. The maximum Gasteiger partial charge on any atom is 0.522 e. The third-order valence-corrected chi connectivity index (χ3v) is 2.19. The third-order valence-electron chi connectivity index (χ3n) is 2.19. The van der Waals surface area contributed by atoms with Crippen LogP contribution in [0.1, 0.15) is 10.5 Å². The molecule has 2 aromatic heterocycles. The van der Waals surface area contributed by atoms with E-state index in [0.29, 0.717) is 4.68 Å². The standard InChI is InChI=1S/C8H6F3N5O4/c9-8(10,11)20-2-1-16-7(19)15-3-12-4(6(17)18)5(15)13-14-16/h3H,1-2H2,(H,17,18). The second-order valence-electron chi connectivity index (χ2n) is 3.48.